The van der Waals surface area contributed by atoms with Gasteiger partial charge in [-0.3, -0.25) is 0 Å². The van der Waals surface area contributed by atoms with Gasteiger partial charge in [0.1, 0.15) is 0 Å². The molecule has 0 saturated carbocycles. The molecule has 0 aromatic heterocycles. The van der Waals surface area contributed by atoms with Gasteiger partial charge in [0.25, 0.3) is 0 Å². The third-order valence-electron chi connectivity index (χ3n) is 2.00. The molecule has 3 heteroatoms. The summed E-state index contributed by atoms with van der Waals surface area (Å²) in [5.41, 5.74) is 0. The lowest BCUT2D eigenvalue weighted by atomic mass is 10.3. The van der Waals surface area contributed by atoms with Gasteiger partial charge in [0.2, 0.25) is 0 Å². The van der Waals surface area contributed by atoms with E-state index in [4.69, 9.17) is 9.47 Å². The monoisotopic (exact) mass is 215 g/mol. The van der Waals surface area contributed by atoms with E-state index in [0.717, 1.165) is 45.8 Å². The van der Waals surface area contributed by atoms with Crippen LogP contribution in [0.2, 0.25) is 0 Å². The summed E-state index contributed by atoms with van der Waals surface area (Å²) in [7, 11) is 0. The molecule has 0 aromatic carbocycles. The van der Waals surface area contributed by atoms with Gasteiger partial charge in [-0.05, 0) is 33.2 Å². The lowest BCUT2D eigenvalue weighted by Gasteiger charge is -2.13. The van der Waals surface area contributed by atoms with Crippen molar-refractivity contribution in [3.63, 3.8) is 0 Å². The summed E-state index contributed by atoms with van der Waals surface area (Å²) in [6.07, 6.45) is 4.14. The molecule has 0 aliphatic carbocycles. The maximum Gasteiger partial charge on any atom is 0.0671 e. The first-order valence-corrected chi connectivity index (χ1v) is 5.82. The van der Waals surface area contributed by atoms with Gasteiger partial charge in [-0.1, -0.05) is 6.08 Å². The average Bonchev–Trinajstić information content (AvgIpc) is 2.23. The van der Waals surface area contributed by atoms with Gasteiger partial charge in [0, 0.05) is 19.8 Å². The third-order valence-corrected chi connectivity index (χ3v) is 2.00. The summed E-state index contributed by atoms with van der Waals surface area (Å²) in [5, 5.41) is 3.34. The summed E-state index contributed by atoms with van der Waals surface area (Å²) >= 11 is 0. The lowest BCUT2D eigenvalue weighted by Crippen LogP contribution is -2.28. The molecule has 1 unspecified atom stereocenters. The van der Waals surface area contributed by atoms with E-state index >= 15 is 0 Å². The quantitative estimate of drug-likeness (QED) is 0.422. The maximum atomic E-state index is 5.55. The van der Waals surface area contributed by atoms with E-state index in [1.165, 1.54) is 0 Å². The van der Waals surface area contributed by atoms with Crippen molar-refractivity contribution in [3.8, 4) is 0 Å². The van der Waals surface area contributed by atoms with Crippen molar-refractivity contribution in [3.05, 3.63) is 12.7 Å². The minimum atomic E-state index is 0.275. The van der Waals surface area contributed by atoms with Gasteiger partial charge in [0.05, 0.1) is 12.7 Å². The third kappa shape index (κ3) is 11.5. The van der Waals surface area contributed by atoms with Crippen LogP contribution in [-0.2, 0) is 9.47 Å². The van der Waals surface area contributed by atoms with Crippen LogP contribution in [0.1, 0.15) is 26.7 Å². The molecular weight excluding hydrogens is 190 g/mol. The molecule has 0 heterocycles. The Morgan fingerprint density at radius 3 is 2.87 bits per heavy atom. The van der Waals surface area contributed by atoms with Gasteiger partial charge in [0.15, 0.2) is 0 Å². The number of hydrogen-bond acceptors (Lipinski definition) is 3. The Kier molecular flexibility index (Phi) is 11.4. The maximum absolute atomic E-state index is 5.55. The van der Waals surface area contributed by atoms with Crippen LogP contribution in [0.3, 0.4) is 0 Å². The Balaban J connectivity index is 3.09. The van der Waals surface area contributed by atoms with Gasteiger partial charge in [-0.2, -0.15) is 0 Å². The van der Waals surface area contributed by atoms with Crippen LogP contribution in [0.5, 0.6) is 0 Å². The van der Waals surface area contributed by atoms with E-state index in [-0.39, 0.29) is 6.10 Å². The Bertz CT molecular complexity index is 140. The van der Waals surface area contributed by atoms with Crippen LogP contribution >= 0.6 is 0 Å². The Labute approximate surface area is 93.8 Å². The van der Waals surface area contributed by atoms with Crippen LogP contribution in [0, 0.1) is 0 Å². The molecule has 0 bridgehead atoms. The molecule has 0 aliphatic rings. The second kappa shape index (κ2) is 11.7. The minimum Gasteiger partial charge on any atom is -0.382 e. The van der Waals surface area contributed by atoms with Crippen LogP contribution < -0.4 is 5.32 Å². The van der Waals surface area contributed by atoms with Gasteiger partial charge in [-0.15, -0.1) is 6.58 Å². The van der Waals surface area contributed by atoms with Crippen LogP contribution in [-0.4, -0.2) is 39.0 Å². The van der Waals surface area contributed by atoms with Gasteiger partial charge in [-0.25, -0.2) is 0 Å². The fourth-order valence-corrected chi connectivity index (χ4v) is 1.16. The molecule has 0 amide bonds. The van der Waals surface area contributed by atoms with Crippen LogP contribution in [0.25, 0.3) is 0 Å². The molecule has 0 fully saturated rings. The summed E-state index contributed by atoms with van der Waals surface area (Å²) in [4.78, 5) is 0. The predicted molar refractivity (Wildman–Crippen MR) is 64.2 cm³/mol. The lowest BCUT2D eigenvalue weighted by molar-refractivity contribution is 0.0686. The summed E-state index contributed by atoms with van der Waals surface area (Å²) in [6.45, 7) is 12.1. The second-order valence-electron chi connectivity index (χ2n) is 3.51. The van der Waals surface area contributed by atoms with Crippen molar-refractivity contribution in [1.29, 1.82) is 0 Å². The number of rotatable bonds is 11. The molecule has 0 rings (SSSR count). The molecule has 1 N–H and O–H groups in total. The van der Waals surface area contributed by atoms with Crippen molar-refractivity contribution in [1.82, 2.24) is 5.32 Å². The molecule has 0 saturated heterocycles. The Hall–Kier alpha value is -0.380. The predicted octanol–water partition coefficient (Wildman–Crippen LogP) is 1.98. The summed E-state index contributed by atoms with van der Waals surface area (Å²) in [5.74, 6) is 0. The van der Waals surface area contributed by atoms with Crippen molar-refractivity contribution in [2.45, 2.75) is 32.8 Å². The van der Waals surface area contributed by atoms with E-state index in [1.807, 2.05) is 13.0 Å². The van der Waals surface area contributed by atoms with Crippen LogP contribution in [0.4, 0.5) is 0 Å². The second-order valence-corrected chi connectivity index (χ2v) is 3.51. The van der Waals surface area contributed by atoms with Gasteiger partial charge >= 0.3 is 0 Å². The average molecular weight is 215 g/mol. The van der Waals surface area contributed by atoms with Gasteiger partial charge < -0.3 is 14.8 Å². The first-order valence-electron chi connectivity index (χ1n) is 5.82. The fraction of sp³-hybridized carbons (Fsp3) is 0.833. The smallest absolute Gasteiger partial charge is 0.0671 e. The number of hydrogen-bond donors (Lipinski definition) is 1. The highest BCUT2D eigenvalue weighted by Crippen LogP contribution is 1.91. The standard InChI is InChI=1S/C12H25NO2/c1-4-6-10-15-12(3)11-13-8-7-9-14-5-2/h4,12-13H,1,5-11H2,2-3H3. The Morgan fingerprint density at radius 1 is 1.40 bits per heavy atom. The molecule has 15 heavy (non-hydrogen) atoms. The zero-order valence-electron chi connectivity index (χ0n) is 10.1. The minimum absolute atomic E-state index is 0.275. The first-order chi connectivity index (χ1) is 7.31. The highest BCUT2D eigenvalue weighted by atomic mass is 16.5. The first kappa shape index (κ1) is 14.6. The molecule has 90 valence electrons. The van der Waals surface area contributed by atoms with E-state index in [1.54, 1.807) is 0 Å². The fourth-order valence-electron chi connectivity index (χ4n) is 1.16. The normalized spacial score (nSPS) is 12.7. The zero-order valence-corrected chi connectivity index (χ0v) is 10.1. The molecular formula is C12H25NO2. The highest BCUT2D eigenvalue weighted by molar-refractivity contribution is 4.65. The largest absolute Gasteiger partial charge is 0.382 e. The Morgan fingerprint density at radius 2 is 2.20 bits per heavy atom. The molecule has 3 nitrogen and oxygen atoms in total. The van der Waals surface area contributed by atoms with E-state index in [9.17, 15) is 0 Å². The molecule has 0 aliphatic heterocycles. The summed E-state index contributed by atoms with van der Waals surface area (Å²) < 4.78 is 10.8. The van der Waals surface area contributed by atoms with Crippen molar-refractivity contribution >= 4 is 0 Å². The molecule has 0 spiro atoms. The van der Waals surface area contributed by atoms with Crippen LogP contribution in [0.15, 0.2) is 12.7 Å². The number of nitrogens with one attached hydrogen (secondary N) is 1. The van der Waals surface area contributed by atoms with Crippen molar-refractivity contribution in [2.24, 2.45) is 0 Å². The number of ether oxygens (including phenoxy) is 2. The molecule has 1 atom stereocenters. The SMILES string of the molecule is C=CCCOC(C)CNCCCOCC. The highest BCUT2D eigenvalue weighted by Gasteiger charge is 1.99. The summed E-state index contributed by atoms with van der Waals surface area (Å²) in [6, 6.07) is 0. The van der Waals surface area contributed by atoms with E-state index in [0.29, 0.717) is 0 Å². The zero-order chi connectivity index (χ0) is 11.4. The topological polar surface area (TPSA) is 30.5 Å². The van der Waals surface area contributed by atoms with Crippen molar-refractivity contribution in [2.75, 3.05) is 32.9 Å². The van der Waals surface area contributed by atoms with E-state index < -0.39 is 0 Å². The van der Waals surface area contributed by atoms with E-state index in [2.05, 4.69) is 18.8 Å². The molecule has 0 radical (unpaired) electrons. The molecule has 0 aromatic rings. The van der Waals surface area contributed by atoms with Crippen molar-refractivity contribution < 1.29 is 9.47 Å².